The Morgan fingerprint density at radius 2 is 1.84 bits per heavy atom. The van der Waals surface area contributed by atoms with Crippen LogP contribution in [0.1, 0.15) is 39.9 Å². The number of methoxy groups -OCH3 is 1. The van der Waals surface area contributed by atoms with E-state index >= 15 is 4.39 Å². The summed E-state index contributed by atoms with van der Waals surface area (Å²) in [6.45, 7) is 10.3. The van der Waals surface area contributed by atoms with E-state index in [4.69, 9.17) is 16.0 Å². The van der Waals surface area contributed by atoms with E-state index in [9.17, 15) is 18.8 Å². The highest BCUT2D eigenvalue weighted by Crippen LogP contribution is 2.37. The number of benzene rings is 3. The maximum Gasteiger partial charge on any atom is 0.255 e. The molecule has 45 heavy (non-hydrogen) atoms. The molecule has 0 bridgehead atoms. The highest BCUT2D eigenvalue weighted by atomic mass is 19.1. The third-order valence-electron chi connectivity index (χ3n) is 8.54. The predicted octanol–water partition coefficient (Wildman–Crippen LogP) is 4.19. The van der Waals surface area contributed by atoms with Gasteiger partial charge in [0, 0.05) is 55.8 Å². The van der Waals surface area contributed by atoms with Crippen LogP contribution in [0.25, 0.3) is 4.85 Å². The molecule has 0 saturated carbocycles. The monoisotopic (exact) mass is 615 g/mol. The molecule has 2 saturated heterocycles. The Bertz CT molecular complexity index is 1720. The molecule has 0 aliphatic carbocycles. The molecular formula is C33H31F2N5O5. The summed E-state index contributed by atoms with van der Waals surface area (Å²) in [6, 6.07) is 12.5. The van der Waals surface area contributed by atoms with Crippen molar-refractivity contribution in [2.75, 3.05) is 38.2 Å². The van der Waals surface area contributed by atoms with E-state index in [-0.39, 0.29) is 49.2 Å². The number of piperazine rings is 1. The van der Waals surface area contributed by atoms with Crippen molar-refractivity contribution in [2.45, 2.75) is 38.6 Å². The minimum atomic E-state index is -0.731. The minimum Gasteiger partial charge on any atom is -0.505 e. The van der Waals surface area contributed by atoms with Crippen molar-refractivity contribution in [2.24, 2.45) is 0 Å². The Kier molecular flexibility index (Phi) is 8.36. The maximum atomic E-state index is 15.2. The molecule has 232 valence electrons. The Morgan fingerprint density at radius 1 is 1.04 bits per heavy atom. The summed E-state index contributed by atoms with van der Waals surface area (Å²) >= 11 is 0. The molecule has 1 N–H and O–H groups in total. The summed E-state index contributed by atoms with van der Waals surface area (Å²) in [7, 11) is 1.35. The van der Waals surface area contributed by atoms with E-state index in [1.165, 1.54) is 18.1 Å². The molecule has 6 rings (SSSR count). The lowest BCUT2D eigenvalue weighted by Crippen LogP contribution is -2.52. The minimum absolute atomic E-state index is 0.0465. The molecule has 3 aromatic rings. The lowest BCUT2D eigenvalue weighted by Gasteiger charge is -2.36. The van der Waals surface area contributed by atoms with Crippen LogP contribution in [0.2, 0.25) is 0 Å². The second kappa shape index (κ2) is 12.5. The molecule has 2 fully saturated rings. The van der Waals surface area contributed by atoms with Gasteiger partial charge >= 0.3 is 0 Å². The van der Waals surface area contributed by atoms with E-state index in [1.54, 1.807) is 36.4 Å². The quantitative estimate of drug-likeness (QED) is 0.300. The highest BCUT2D eigenvalue weighted by molar-refractivity contribution is 6.05. The van der Waals surface area contributed by atoms with Crippen molar-refractivity contribution in [3.05, 3.63) is 93.8 Å². The smallest absolute Gasteiger partial charge is 0.255 e. The summed E-state index contributed by atoms with van der Waals surface area (Å²) in [5.41, 5.74) is 2.74. The van der Waals surface area contributed by atoms with Crippen molar-refractivity contribution in [3.63, 3.8) is 0 Å². The van der Waals surface area contributed by atoms with E-state index < -0.39 is 23.6 Å². The molecule has 10 nitrogen and oxygen atoms in total. The van der Waals surface area contributed by atoms with Gasteiger partial charge in [-0.3, -0.25) is 24.6 Å². The summed E-state index contributed by atoms with van der Waals surface area (Å²) in [5, 5.41) is 2.29. The number of hydrogen-bond acceptors (Lipinski definition) is 7. The van der Waals surface area contributed by atoms with Gasteiger partial charge < -0.3 is 19.3 Å². The molecular weight excluding hydrogens is 584 g/mol. The third kappa shape index (κ3) is 5.91. The zero-order valence-corrected chi connectivity index (χ0v) is 24.6. The van der Waals surface area contributed by atoms with Gasteiger partial charge in [0.25, 0.3) is 5.91 Å². The summed E-state index contributed by atoms with van der Waals surface area (Å²) in [4.78, 5) is 45.8. The van der Waals surface area contributed by atoms with Crippen LogP contribution in [0.3, 0.4) is 0 Å². The number of amides is 3. The standard InChI is InChI=1S/C33H31F2N5O5/c1-36-25-8-9-26(30(35)31(25)44-2)39-14-12-38(13-15-39)17-20-6-7-21(24(34)16-20)19-45-28-5-3-4-22-23(28)18-40(33(22)43)27-10-11-29(41)37-32(27)42/h3-9,16,27H,10-15,17-19H2,2H3,(H,37,41,42)/t27-/m0/s1. The van der Waals surface area contributed by atoms with E-state index in [1.807, 2.05) is 11.0 Å². The second-order valence-electron chi connectivity index (χ2n) is 11.2. The van der Waals surface area contributed by atoms with Crippen LogP contribution in [0.5, 0.6) is 11.5 Å². The van der Waals surface area contributed by atoms with Crippen LogP contribution in [0.4, 0.5) is 20.2 Å². The van der Waals surface area contributed by atoms with Crippen molar-refractivity contribution in [1.82, 2.24) is 15.1 Å². The van der Waals surface area contributed by atoms with Crippen LogP contribution in [-0.4, -0.2) is 66.9 Å². The summed E-state index contributed by atoms with van der Waals surface area (Å²) < 4.78 is 41.2. The average Bonchev–Trinajstić information content (AvgIpc) is 3.37. The molecule has 0 unspecified atom stereocenters. The number of hydrogen-bond donors (Lipinski definition) is 1. The molecule has 3 amide bonds. The summed E-state index contributed by atoms with van der Waals surface area (Å²) in [6.07, 6.45) is 0.431. The maximum absolute atomic E-state index is 15.2. The lowest BCUT2D eigenvalue weighted by molar-refractivity contribution is -0.136. The first-order valence-electron chi connectivity index (χ1n) is 14.6. The normalized spacial score (nSPS) is 18.4. The second-order valence-corrected chi connectivity index (χ2v) is 11.2. The fourth-order valence-corrected chi connectivity index (χ4v) is 6.12. The number of imide groups is 1. The number of fused-ring (bicyclic) bond motifs is 1. The first-order chi connectivity index (χ1) is 21.8. The fraction of sp³-hybridized carbons (Fsp3) is 0.333. The number of halogens is 2. The van der Waals surface area contributed by atoms with Crippen LogP contribution in [-0.2, 0) is 29.3 Å². The number of rotatable bonds is 8. The Labute approximate surface area is 258 Å². The number of carbonyl (C=O) groups is 3. The van der Waals surface area contributed by atoms with E-state index in [2.05, 4.69) is 15.1 Å². The first kappa shape index (κ1) is 30.0. The van der Waals surface area contributed by atoms with Crippen molar-refractivity contribution >= 4 is 29.1 Å². The zero-order chi connectivity index (χ0) is 31.7. The molecule has 0 radical (unpaired) electrons. The van der Waals surface area contributed by atoms with Gasteiger partial charge in [-0.1, -0.05) is 24.3 Å². The van der Waals surface area contributed by atoms with Gasteiger partial charge in [0.1, 0.15) is 24.2 Å². The number of carbonyl (C=O) groups excluding carboxylic acids is 3. The van der Waals surface area contributed by atoms with Gasteiger partial charge in [0.2, 0.25) is 17.5 Å². The van der Waals surface area contributed by atoms with Crippen LogP contribution >= 0.6 is 0 Å². The molecule has 1 atom stereocenters. The van der Waals surface area contributed by atoms with Crippen LogP contribution in [0.15, 0.2) is 48.5 Å². The number of anilines is 1. The fourth-order valence-electron chi connectivity index (χ4n) is 6.12. The Balaban J connectivity index is 1.05. The number of nitrogens with zero attached hydrogens (tertiary/aromatic N) is 4. The summed E-state index contributed by atoms with van der Waals surface area (Å²) in [5.74, 6) is -1.70. The predicted molar refractivity (Wildman–Crippen MR) is 160 cm³/mol. The molecule has 3 heterocycles. The Hall–Kier alpha value is -5.02. The SMILES string of the molecule is [C-]#[N+]c1ccc(N2CCN(Cc3ccc(COc4cccc5c4CN([C@H]4CCC(=O)NC4=O)C5=O)c(F)c3)CC2)c(F)c1OC. The van der Waals surface area contributed by atoms with Gasteiger partial charge in [0.05, 0.1) is 25.9 Å². The molecule has 3 aliphatic heterocycles. The van der Waals surface area contributed by atoms with Gasteiger partial charge in [0.15, 0.2) is 11.6 Å². The first-order valence-corrected chi connectivity index (χ1v) is 14.6. The number of piperidine rings is 1. The van der Waals surface area contributed by atoms with Gasteiger partial charge in [-0.05, 0) is 36.2 Å². The van der Waals surface area contributed by atoms with E-state index in [0.717, 1.165) is 5.56 Å². The van der Waals surface area contributed by atoms with Crippen LogP contribution < -0.4 is 19.7 Å². The third-order valence-corrected chi connectivity index (χ3v) is 8.54. The van der Waals surface area contributed by atoms with Gasteiger partial charge in [-0.25, -0.2) is 13.6 Å². The molecule has 0 spiro atoms. The topological polar surface area (TPSA) is 95.8 Å². The van der Waals surface area contributed by atoms with Gasteiger partial charge in [-0.15, -0.1) is 0 Å². The van der Waals surface area contributed by atoms with Crippen LogP contribution in [0, 0.1) is 18.2 Å². The molecule has 3 aromatic carbocycles. The molecule has 3 aliphatic rings. The highest BCUT2D eigenvalue weighted by Gasteiger charge is 2.40. The lowest BCUT2D eigenvalue weighted by atomic mass is 10.0. The average molecular weight is 616 g/mol. The number of nitrogens with one attached hydrogen (secondary N) is 1. The molecule has 12 heteroatoms. The largest absolute Gasteiger partial charge is 0.505 e. The zero-order valence-electron chi connectivity index (χ0n) is 24.6. The van der Waals surface area contributed by atoms with E-state index in [0.29, 0.717) is 60.9 Å². The van der Waals surface area contributed by atoms with Crippen molar-refractivity contribution in [1.29, 1.82) is 0 Å². The van der Waals surface area contributed by atoms with Crippen molar-refractivity contribution < 1.29 is 32.6 Å². The van der Waals surface area contributed by atoms with Crippen molar-refractivity contribution in [3.8, 4) is 11.5 Å². The van der Waals surface area contributed by atoms with Gasteiger partial charge in [-0.2, -0.15) is 0 Å². The molecule has 0 aromatic heterocycles. The Morgan fingerprint density at radius 3 is 2.56 bits per heavy atom. The number of ether oxygens (including phenoxy) is 2.